The Hall–Kier alpha value is -1.95. The van der Waals surface area contributed by atoms with Crippen LogP contribution < -0.4 is 5.32 Å². The minimum Gasteiger partial charge on any atom is -0.347 e. The molecule has 6 nitrogen and oxygen atoms in total. The minimum absolute atomic E-state index is 0.0555. The quantitative estimate of drug-likeness (QED) is 0.828. The van der Waals surface area contributed by atoms with Gasteiger partial charge in [0.15, 0.2) is 0 Å². The Bertz CT molecular complexity index is 626. The summed E-state index contributed by atoms with van der Waals surface area (Å²) in [7, 11) is 0. The zero-order chi connectivity index (χ0) is 19.2. The number of hydrogen-bond acceptors (Lipinski definition) is 4. The van der Waals surface area contributed by atoms with Crippen LogP contribution in [0.3, 0.4) is 0 Å². The molecule has 0 radical (unpaired) electrons. The summed E-state index contributed by atoms with van der Waals surface area (Å²) in [5.74, 6) is 1.23. The van der Waals surface area contributed by atoms with Crippen LogP contribution in [-0.4, -0.2) is 59.3 Å². The van der Waals surface area contributed by atoms with Crippen LogP contribution in [0.2, 0.25) is 0 Å². The normalized spacial score (nSPS) is 21.6. The van der Waals surface area contributed by atoms with Crippen molar-refractivity contribution in [2.45, 2.75) is 39.7 Å². The summed E-state index contributed by atoms with van der Waals surface area (Å²) in [5, 5.41) is 2.74. The molecule has 3 rings (SSSR count). The van der Waals surface area contributed by atoms with Gasteiger partial charge in [-0.1, -0.05) is 19.9 Å². The van der Waals surface area contributed by atoms with E-state index in [2.05, 4.69) is 21.3 Å². The monoisotopic (exact) mass is 372 g/mol. The van der Waals surface area contributed by atoms with Crippen molar-refractivity contribution in [3.63, 3.8) is 0 Å². The second-order valence-corrected chi connectivity index (χ2v) is 8.24. The summed E-state index contributed by atoms with van der Waals surface area (Å²) in [6.07, 6.45) is 7.27. The van der Waals surface area contributed by atoms with Gasteiger partial charge in [0.2, 0.25) is 11.8 Å². The summed E-state index contributed by atoms with van der Waals surface area (Å²) in [6.45, 7) is 8.71. The molecule has 2 saturated heterocycles. The van der Waals surface area contributed by atoms with Crippen LogP contribution in [0.15, 0.2) is 24.5 Å². The molecule has 1 atom stereocenters. The number of nitrogens with one attached hydrogen (secondary N) is 1. The molecule has 2 aliphatic heterocycles. The number of likely N-dealkylation sites (tertiary alicyclic amines) is 2. The Morgan fingerprint density at radius 1 is 1.19 bits per heavy atom. The Morgan fingerprint density at radius 3 is 2.59 bits per heavy atom. The summed E-state index contributed by atoms with van der Waals surface area (Å²) in [4.78, 5) is 32.6. The zero-order valence-electron chi connectivity index (χ0n) is 16.6. The summed E-state index contributed by atoms with van der Waals surface area (Å²) in [6, 6.07) is 4.13. The molecule has 0 aliphatic carbocycles. The average molecular weight is 373 g/mol. The van der Waals surface area contributed by atoms with Crippen LogP contribution in [0.1, 0.15) is 38.7 Å². The van der Waals surface area contributed by atoms with E-state index in [9.17, 15) is 9.59 Å². The number of carbonyl (C=O) groups is 2. The number of piperidine rings is 1. The van der Waals surface area contributed by atoms with E-state index in [1.54, 1.807) is 0 Å². The van der Waals surface area contributed by atoms with Crippen molar-refractivity contribution in [1.82, 2.24) is 20.1 Å². The second kappa shape index (κ2) is 9.31. The lowest BCUT2D eigenvalue weighted by Crippen LogP contribution is -2.41. The summed E-state index contributed by atoms with van der Waals surface area (Å²) < 4.78 is 0. The number of amides is 2. The lowest BCUT2D eigenvalue weighted by Gasteiger charge is -2.34. The average Bonchev–Trinajstić information content (AvgIpc) is 3.17. The smallest absolute Gasteiger partial charge is 0.241 e. The van der Waals surface area contributed by atoms with Gasteiger partial charge in [-0.2, -0.15) is 0 Å². The van der Waals surface area contributed by atoms with Crippen LogP contribution in [0, 0.1) is 17.8 Å². The number of carbonyl (C=O) groups excluding carboxylic acids is 2. The number of pyridine rings is 1. The first-order valence-electron chi connectivity index (χ1n) is 10.2. The fourth-order valence-electron chi connectivity index (χ4n) is 4.21. The molecule has 1 aromatic rings. The highest BCUT2D eigenvalue weighted by atomic mass is 16.2. The van der Waals surface area contributed by atoms with Gasteiger partial charge in [0, 0.05) is 37.9 Å². The van der Waals surface area contributed by atoms with Gasteiger partial charge in [-0.15, -0.1) is 0 Å². The summed E-state index contributed by atoms with van der Waals surface area (Å²) in [5.41, 5.74) is 1.28. The minimum atomic E-state index is -0.0824. The molecule has 0 bridgehead atoms. The van der Waals surface area contributed by atoms with E-state index < -0.39 is 0 Å². The molecule has 0 aromatic carbocycles. The summed E-state index contributed by atoms with van der Waals surface area (Å²) >= 11 is 0. The molecule has 1 N–H and O–H groups in total. The molecule has 148 valence electrons. The highest BCUT2D eigenvalue weighted by Gasteiger charge is 2.33. The first-order valence-corrected chi connectivity index (χ1v) is 10.2. The topological polar surface area (TPSA) is 65.5 Å². The third kappa shape index (κ3) is 5.51. The molecule has 1 aromatic heterocycles. The van der Waals surface area contributed by atoms with E-state index in [1.807, 2.05) is 37.2 Å². The lowest BCUT2D eigenvalue weighted by atomic mass is 9.83. The number of rotatable bonds is 6. The molecular weight excluding hydrogens is 340 g/mol. The van der Waals surface area contributed by atoms with E-state index in [1.165, 1.54) is 18.4 Å². The standard InChI is InChI=1S/C21H32N4O2/c1-16(2)21(27)23-13-20(26)25-11-7-19(15-25)18-5-9-24(10-6-18)14-17-4-3-8-22-12-17/h3-4,8,12,16,18-19H,5-7,9-11,13-15H2,1-2H3,(H,23,27). The van der Waals surface area contributed by atoms with Crippen LogP contribution >= 0.6 is 0 Å². The van der Waals surface area contributed by atoms with Gasteiger partial charge in [-0.25, -0.2) is 0 Å². The van der Waals surface area contributed by atoms with Crippen molar-refractivity contribution >= 4 is 11.8 Å². The van der Waals surface area contributed by atoms with Crippen LogP contribution in [0.5, 0.6) is 0 Å². The molecule has 3 heterocycles. The first kappa shape index (κ1) is 19.8. The molecule has 0 saturated carbocycles. The van der Waals surface area contributed by atoms with Crippen LogP contribution in [0.4, 0.5) is 0 Å². The maximum absolute atomic E-state index is 12.4. The molecule has 1 unspecified atom stereocenters. The Labute approximate surface area is 162 Å². The molecule has 2 aliphatic rings. The lowest BCUT2D eigenvalue weighted by molar-refractivity contribution is -0.133. The number of aromatic nitrogens is 1. The van der Waals surface area contributed by atoms with Crippen molar-refractivity contribution in [1.29, 1.82) is 0 Å². The Morgan fingerprint density at radius 2 is 1.93 bits per heavy atom. The molecule has 27 heavy (non-hydrogen) atoms. The molecule has 2 fully saturated rings. The number of hydrogen-bond donors (Lipinski definition) is 1. The van der Waals surface area contributed by atoms with Crippen molar-refractivity contribution in [3.8, 4) is 0 Å². The van der Waals surface area contributed by atoms with E-state index in [4.69, 9.17) is 0 Å². The van der Waals surface area contributed by atoms with E-state index >= 15 is 0 Å². The van der Waals surface area contributed by atoms with Gasteiger partial charge in [0.05, 0.1) is 6.54 Å². The van der Waals surface area contributed by atoms with Gasteiger partial charge < -0.3 is 10.2 Å². The predicted molar refractivity (Wildman–Crippen MR) is 105 cm³/mol. The van der Waals surface area contributed by atoms with Crippen molar-refractivity contribution in [3.05, 3.63) is 30.1 Å². The van der Waals surface area contributed by atoms with Crippen LogP contribution in [-0.2, 0) is 16.1 Å². The zero-order valence-corrected chi connectivity index (χ0v) is 16.6. The van der Waals surface area contributed by atoms with E-state index in [0.29, 0.717) is 11.8 Å². The van der Waals surface area contributed by atoms with Gasteiger partial charge in [-0.3, -0.25) is 19.5 Å². The number of nitrogens with zero attached hydrogens (tertiary/aromatic N) is 3. The van der Waals surface area contributed by atoms with Gasteiger partial charge in [-0.05, 0) is 55.8 Å². The highest BCUT2D eigenvalue weighted by Crippen LogP contribution is 2.32. The second-order valence-electron chi connectivity index (χ2n) is 8.24. The maximum atomic E-state index is 12.4. The van der Waals surface area contributed by atoms with Crippen molar-refractivity contribution in [2.75, 3.05) is 32.7 Å². The SMILES string of the molecule is CC(C)C(=O)NCC(=O)N1CCC(C2CCN(Cc3cccnc3)CC2)C1. The van der Waals surface area contributed by atoms with Crippen molar-refractivity contribution in [2.24, 2.45) is 17.8 Å². The maximum Gasteiger partial charge on any atom is 0.241 e. The fraction of sp³-hybridized carbons (Fsp3) is 0.667. The van der Waals surface area contributed by atoms with E-state index in [0.717, 1.165) is 39.1 Å². The Kier molecular flexibility index (Phi) is 6.83. The first-order chi connectivity index (χ1) is 13.0. The van der Waals surface area contributed by atoms with Gasteiger partial charge in [0.25, 0.3) is 0 Å². The third-order valence-corrected chi connectivity index (χ3v) is 5.94. The van der Waals surface area contributed by atoms with Gasteiger partial charge >= 0.3 is 0 Å². The van der Waals surface area contributed by atoms with Crippen molar-refractivity contribution < 1.29 is 9.59 Å². The molecular formula is C21H32N4O2. The molecule has 2 amide bonds. The Balaban J connectivity index is 1.39. The largest absolute Gasteiger partial charge is 0.347 e. The predicted octanol–water partition coefficient (Wildman–Crippen LogP) is 1.91. The fourth-order valence-corrected chi connectivity index (χ4v) is 4.21. The highest BCUT2D eigenvalue weighted by molar-refractivity contribution is 5.85. The molecule has 0 spiro atoms. The molecule has 6 heteroatoms. The third-order valence-electron chi connectivity index (χ3n) is 5.94. The van der Waals surface area contributed by atoms with Crippen LogP contribution in [0.25, 0.3) is 0 Å². The van der Waals surface area contributed by atoms with Gasteiger partial charge in [0.1, 0.15) is 0 Å². The van der Waals surface area contributed by atoms with E-state index in [-0.39, 0.29) is 24.3 Å².